The smallest absolute Gasteiger partial charge is 0.252 e. The Kier molecular flexibility index (Phi) is 5.86. The van der Waals surface area contributed by atoms with Crippen molar-refractivity contribution in [3.63, 3.8) is 0 Å². The summed E-state index contributed by atoms with van der Waals surface area (Å²) in [7, 11) is 0.0695. The highest BCUT2D eigenvalue weighted by Gasteiger charge is 2.38. The number of sulfonamides is 1. The molecule has 12 heteroatoms. The molecule has 0 radical (unpaired) electrons. The number of nitrogens with one attached hydrogen (secondary N) is 2. The van der Waals surface area contributed by atoms with E-state index in [1.54, 1.807) is 11.7 Å². The van der Waals surface area contributed by atoms with E-state index in [0.717, 1.165) is 65.6 Å². The largest absolute Gasteiger partial charge is 0.329 e. The number of anilines is 1. The fourth-order valence-electron chi connectivity index (χ4n) is 4.79. The molecule has 0 bridgehead atoms. The Morgan fingerprint density at radius 1 is 1.31 bits per heavy atom. The highest BCUT2D eigenvalue weighted by Crippen LogP contribution is 2.38. The normalized spacial score (nSPS) is 22.2. The first-order valence-electron chi connectivity index (χ1n) is 12.2. The van der Waals surface area contributed by atoms with E-state index in [4.69, 9.17) is 9.98 Å². The van der Waals surface area contributed by atoms with E-state index in [1.165, 1.54) is 15.6 Å². The van der Waals surface area contributed by atoms with Gasteiger partial charge in [0.1, 0.15) is 4.21 Å². The van der Waals surface area contributed by atoms with Crippen LogP contribution in [-0.2, 0) is 17.1 Å². The van der Waals surface area contributed by atoms with Gasteiger partial charge in [-0.15, -0.1) is 11.3 Å². The zero-order valence-corrected chi connectivity index (χ0v) is 22.2. The molecule has 0 spiro atoms. The second kappa shape index (κ2) is 8.94. The van der Waals surface area contributed by atoms with E-state index >= 15 is 0 Å². The topological polar surface area (TPSA) is 107 Å². The number of thiophene rings is 1. The van der Waals surface area contributed by atoms with Gasteiger partial charge in [-0.3, -0.25) is 9.67 Å². The number of hydrogen-bond donors (Lipinski definition) is 2. The molecule has 5 heterocycles. The number of nitrogens with zero attached hydrogens (tertiary/aromatic N) is 6. The van der Waals surface area contributed by atoms with Gasteiger partial charge in [0, 0.05) is 44.6 Å². The number of aryl methyl sites for hydroxylation is 2. The molecule has 190 valence electrons. The SMILES string of the molecule is Cc1cc(NC2=NC(C3=CCCNC3)=CN3C2=NCC3c2cnn(C)c2)sc1S(=O)(=O)N(C)C1CC1. The third-order valence-electron chi connectivity index (χ3n) is 6.95. The van der Waals surface area contributed by atoms with Gasteiger partial charge in [-0.2, -0.15) is 9.40 Å². The van der Waals surface area contributed by atoms with Gasteiger partial charge in [0.2, 0.25) is 0 Å². The van der Waals surface area contributed by atoms with Crippen LogP contribution in [0, 0.1) is 6.92 Å². The van der Waals surface area contributed by atoms with E-state index < -0.39 is 10.0 Å². The van der Waals surface area contributed by atoms with Crippen LogP contribution in [0.5, 0.6) is 0 Å². The summed E-state index contributed by atoms with van der Waals surface area (Å²) in [6.07, 6.45) is 11.0. The first kappa shape index (κ1) is 23.6. The predicted octanol–water partition coefficient (Wildman–Crippen LogP) is 2.61. The van der Waals surface area contributed by atoms with Gasteiger partial charge in [0.25, 0.3) is 10.0 Å². The third-order valence-corrected chi connectivity index (χ3v) is 10.6. The molecule has 2 aromatic heterocycles. The second-order valence-electron chi connectivity index (χ2n) is 9.66. The first-order valence-corrected chi connectivity index (χ1v) is 14.4. The van der Waals surface area contributed by atoms with E-state index in [1.807, 2.05) is 32.4 Å². The maximum absolute atomic E-state index is 13.2. The monoisotopic (exact) mass is 526 g/mol. The lowest BCUT2D eigenvalue weighted by Crippen LogP contribution is -2.38. The standard InChI is InChI=1S/C24H30N8O2S2/c1-15-9-21(35-24(15)36(33,34)31(3)18-6-7-18)29-22-23-26-12-20(17-11-27-30(2)13-17)32(23)14-19(28-22)16-5-4-8-25-10-16/h5,9,11,13-14,18,20,25H,4,6-8,10,12H2,1-3H3,(H,28,29). The van der Waals surface area contributed by atoms with Gasteiger partial charge in [0.15, 0.2) is 11.7 Å². The number of rotatable bonds is 6. The van der Waals surface area contributed by atoms with Crippen LogP contribution in [0.1, 0.15) is 36.4 Å². The van der Waals surface area contributed by atoms with Gasteiger partial charge >= 0.3 is 0 Å². The molecule has 0 saturated heterocycles. The second-order valence-corrected chi connectivity index (χ2v) is 12.9. The van der Waals surface area contributed by atoms with Crippen LogP contribution < -0.4 is 10.6 Å². The van der Waals surface area contributed by atoms with Gasteiger partial charge in [-0.05, 0) is 49.9 Å². The zero-order chi connectivity index (χ0) is 25.0. The zero-order valence-electron chi connectivity index (χ0n) is 20.6. The minimum atomic E-state index is -3.52. The van der Waals surface area contributed by atoms with Crippen LogP contribution in [0.15, 0.2) is 56.2 Å². The molecule has 1 saturated carbocycles. The summed E-state index contributed by atoms with van der Waals surface area (Å²) in [5.74, 6) is 1.38. The summed E-state index contributed by atoms with van der Waals surface area (Å²) < 4.78 is 30.1. The van der Waals surface area contributed by atoms with Crippen LogP contribution in [0.3, 0.4) is 0 Å². The van der Waals surface area contributed by atoms with Gasteiger partial charge in [-0.25, -0.2) is 13.4 Å². The van der Waals surface area contributed by atoms with Crippen molar-refractivity contribution in [2.75, 3.05) is 32.0 Å². The van der Waals surface area contributed by atoms with Gasteiger partial charge < -0.3 is 15.5 Å². The lowest BCUT2D eigenvalue weighted by atomic mass is 10.1. The molecule has 1 unspecified atom stereocenters. The van der Waals surface area contributed by atoms with Crippen molar-refractivity contribution in [2.45, 2.75) is 42.5 Å². The fourth-order valence-corrected chi connectivity index (χ4v) is 7.97. The lowest BCUT2D eigenvalue weighted by molar-refractivity contribution is 0.455. The molecule has 10 nitrogen and oxygen atoms in total. The highest BCUT2D eigenvalue weighted by atomic mass is 32.2. The molecule has 2 N–H and O–H groups in total. The molecule has 0 aromatic carbocycles. The third kappa shape index (κ3) is 4.21. The summed E-state index contributed by atoms with van der Waals surface area (Å²) in [5.41, 5.74) is 3.86. The lowest BCUT2D eigenvalue weighted by Gasteiger charge is -2.29. The minimum absolute atomic E-state index is 0.0290. The van der Waals surface area contributed by atoms with Crippen LogP contribution in [0.2, 0.25) is 0 Å². The number of aromatic nitrogens is 2. The summed E-state index contributed by atoms with van der Waals surface area (Å²) in [5, 5.41) is 11.9. The molecule has 1 aliphatic carbocycles. The van der Waals surface area contributed by atoms with Crippen LogP contribution in [-0.4, -0.2) is 71.8 Å². The van der Waals surface area contributed by atoms with Crippen LogP contribution >= 0.6 is 11.3 Å². The molecule has 6 rings (SSSR count). The van der Waals surface area contributed by atoms with E-state index in [0.29, 0.717) is 16.6 Å². The molecule has 1 fully saturated rings. The Balaban J connectivity index is 1.33. The molecular formula is C24H30N8O2S2. The number of aliphatic imine (C=N–C) groups is 2. The molecule has 0 amide bonds. The minimum Gasteiger partial charge on any atom is -0.329 e. The average molecular weight is 527 g/mol. The van der Waals surface area contributed by atoms with Crippen molar-refractivity contribution in [3.05, 3.63) is 53.1 Å². The van der Waals surface area contributed by atoms with Gasteiger partial charge in [-0.1, -0.05) is 6.08 Å². The molecule has 36 heavy (non-hydrogen) atoms. The molecule has 4 aliphatic rings. The van der Waals surface area contributed by atoms with Crippen molar-refractivity contribution in [2.24, 2.45) is 17.0 Å². The summed E-state index contributed by atoms with van der Waals surface area (Å²) in [6.45, 7) is 4.16. The van der Waals surface area contributed by atoms with Crippen molar-refractivity contribution in [1.29, 1.82) is 0 Å². The number of hydrogen-bond acceptors (Lipinski definition) is 9. The van der Waals surface area contributed by atoms with Crippen LogP contribution in [0.25, 0.3) is 0 Å². The summed E-state index contributed by atoms with van der Waals surface area (Å²) in [6, 6.07) is 2.03. The van der Waals surface area contributed by atoms with E-state index in [9.17, 15) is 8.42 Å². The van der Waals surface area contributed by atoms with Crippen molar-refractivity contribution < 1.29 is 8.42 Å². The Morgan fingerprint density at radius 2 is 2.14 bits per heavy atom. The molecule has 1 atom stereocenters. The van der Waals surface area contributed by atoms with Crippen LogP contribution in [0.4, 0.5) is 5.00 Å². The maximum atomic E-state index is 13.2. The van der Waals surface area contributed by atoms with Crippen molar-refractivity contribution in [3.8, 4) is 0 Å². The van der Waals surface area contributed by atoms with E-state index in [2.05, 4.69) is 32.9 Å². The highest BCUT2D eigenvalue weighted by molar-refractivity contribution is 7.91. The molecule has 2 aromatic rings. The average Bonchev–Trinajstić information content (AvgIpc) is 3.30. The fraction of sp³-hybridized carbons (Fsp3) is 0.458. The quantitative estimate of drug-likeness (QED) is 0.599. The predicted molar refractivity (Wildman–Crippen MR) is 142 cm³/mol. The van der Waals surface area contributed by atoms with Crippen molar-refractivity contribution >= 4 is 38.0 Å². The molecule has 3 aliphatic heterocycles. The van der Waals surface area contributed by atoms with Crippen molar-refractivity contribution in [1.82, 2.24) is 24.3 Å². The summed E-state index contributed by atoms with van der Waals surface area (Å²) >= 11 is 1.25. The Labute approximate surface area is 215 Å². The Hall–Kier alpha value is -2.80. The molecular weight excluding hydrogens is 496 g/mol. The Bertz CT molecular complexity index is 1430. The Morgan fingerprint density at radius 3 is 2.83 bits per heavy atom. The summed E-state index contributed by atoms with van der Waals surface area (Å²) in [4.78, 5) is 12.0. The number of fused-ring (bicyclic) bond motifs is 1. The van der Waals surface area contributed by atoms with E-state index in [-0.39, 0.29) is 12.1 Å². The van der Waals surface area contributed by atoms with Gasteiger partial charge in [0.05, 0.1) is 29.5 Å². The number of amidine groups is 2. The first-order chi connectivity index (χ1) is 17.3. The maximum Gasteiger partial charge on any atom is 0.252 e.